The smallest absolute Gasteiger partial charge is 0.411 e. The van der Waals surface area contributed by atoms with Crippen molar-refractivity contribution in [3.05, 3.63) is 51.2 Å². The predicted molar refractivity (Wildman–Crippen MR) is 81.3 cm³/mol. The van der Waals surface area contributed by atoms with Gasteiger partial charge in [-0.2, -0.15) is 0 Å². The third-order valence-corrected chi connectivity index (χ3v) is 4.53. The highest BCUT2D eigenvalue weighted by Crippen LogP contribution is 2.35. The molecule has 0 spiro atoms. The lowest BCUT2D eigenvalue weighted by atomic mass is 10.1. The van der Waals surface area contributed by atoms with Crippen molar-refractivity contribution in [2.75, 3.05) is 11.4 Å². The van der Waals surface area contributed by atoms with Crippen LogP contribution in [-0.4, -0.2) is 23.7 Å². The van der Waals surface area contributed by atoms with Gasteiger partial charge in [-0.25, -0.2) is 4.79 Å². The minimum Gasteiger partial charge on any atom is -0.465 e. The zero-order valence-corrected chi connectivity index (χ0v) is 12.3. The van der Waals surface area contributed by atoms with Crippen molar-refractivity contribution >= 4 is 40.6 Å². The Hall–Kier alpha value is -2.05. The van der Waals surface area contributed by atoms with Gasteiger partial charge in [0.1, 0.15) is 0 Å². The largest absolute Gasteiger partial charge is 0.465 e. The molecule has 0 bridgehead atoms. The van der Waals surface area contributed by atoms with Gasteiger partial charge >= 0.3 is 6.09 Å². The molecule has 7 heteroatoms. The quantitative estimate of drug-likeness (QED) is 0.890. The Bertz CT molecular complexity index is 716. The molecule has 2 amide bonds. The number of rotatable bonds is 2. The second-order valence-electron chi connectivity index (χ2n) is 4.58. The minimum atomic E-state index is -1.03. The number of nitrogens with zero attached hydrogens (tertiary/aromatic N) is 1. The first-order valence-corrected chi connectivity index (χ1v) is 7.41. The van der Waals surface area contributed by atoms with E-state index in [1.54, 1.807) is 24.3 Å². The van der Waals surface area contributed by atoms with Gasteiger partial charge in [0.15, 0.2) is 0 Å². The number of carboxylic acid groups (broad SMARTS) is 1. The van der Waals surface area contributed by atoms with Gasteiger partial charge in [-0.3, -0.25) is 9.69 Å². The molecule has 2 N–H and O–H groups in total. The van der Waals surface area contributed by atoms with E-state index in [4.69, 9.17) is 11.6 Å². The van der Waals surface area contributed by atoms with Crippen LogP contribution < -0.4 is 10.2 Å². The Balaban J connectivity index is 1.84. The fraction of sp³-hybridized carbons (Fsp3) is 0.143. The van der Waals surface area contributed by atoms with Gasteiger partial charge in [-0.15, -0.1) is 11.3 Å². The van der Waals surface area contributed by atoms with Gasteiger partial charge in [0.2, 0.25) is 0 Å². The summed E-state index contributed by atoms with van der Waals surface area (Å²) in [5, 5.41) is 12.1. The second kappa shape index (κ2) is 5.38. The molecule has 0 saturated heterocycles. The summed E-state index contributed by atoms with van der Waals surface area (Å²) in [6, 6.07) is 10.1. The average Bonchev–Trinajstić information content (AvgIpc) is 3.04. The number of carbonyl (C=O) groups excluding carboxylic acids is 1. The summed E-state index contributed by atoms with van der Waals surface area (Å²) in [5.41, 5.74) is 1.41. The normalized spacial score (nSPS) is 16.6. The Morgan fingerprint density at radius 3 is 2.71 bits per heavy atom. The predicted octanol–water partition coefficient (Wildman–Crippen LogP) is 3.37. The molecule has 1 aromatic heterocycles. The monoisotopic (exact) mass is 322 g/mol. The first-order chi connectivity index (χ1) is 10.1. The van der Waals surface area contributed by atoms with Crippen LogP contribution in [0.1, 0.15) is 21.3 Å². The highest BCUT2D eigenvalue weighted by Gasteiger charge is 2.33. The molecule has 5 nitrogen and oxygen atoms in total. The van der Waals surface area contributed by atoms with Gasteiger partial charge in [0.25, 0.3) is 5.91 Å². The van der Waals surface area contributed by atoms with Crippen molar-refractivity contribution in [3.63, 3.8) is 0 Å². The lowest BCUT2D eigenvalue weighted by Gasteiger charge is -2.14. The molecular formula is C14H11ClN2O3S. The summed E-state index contributed by atoms with van der Waals surface area (Å²) in [7, 11) is 0. The molecule has 108 valence electrons. The lowest BCUT2D eigenvalue weighted by molar-refractivity contribution is 0.0942. The minimum absolute atomic E-state index is 0.208. The molecule has 1 unspecified atom stereocenters. The van der Waals surface area contributed by atoms with E-state index in [1.165, 1.54) is 16.2 Å². The maximum Gasteiger partial charge on any atom is 0.411 e. The number of fused-ring (bicyclic) bond motifs is 1. The number of benzene rings is 1. The van der Waals surface area contributed by atoms with E-state index in [2.05, 4.69) is 5.32 Å². The Morgan fingerprint density at radius 1 is 1.29 bits per heavy atom. The third kappa shape index (κ3) is 2.59. The van der Waals surface area contributed by atoms with Gasteiger partial charge in [0, 0.05) is 5.56 Å². The zero-order chi connectivity index (χ0) is 15.0. The van der Waals surface area contributed by atoms with Gasteiger partial charge in [0.05, 0.1) is 27.5 Å². The highest BCUT2D eigenvalue weighted by atomic mass is 35.5. The molecule has 1 aliphatic rings. The number of hydrogen-bond donors (Lipinski definition) is 2. The number of para-hydroxylation sites is 1. The van der Waals surface area contributed by atoms with Gasteiger partial charge in [-0.1, -0.05) is 29.8 Å². The summed E-state index contributed by atoms with van der Waals surface area (Å²) < 4.78 is 0.541. The summed E-state index contributed by atoms with van der Waals surface area (Å²) in [6.45, 7) is 0.208. The number of anilines is 1. The van der Waals surface area contributed by atoms with Crippen molar-refractivity contribution in [2.45, 2.75) is 6.04 Å². The maximum atomic E-state index is 12.2. The van der Waals surface area contributed by atoms with Crippen LogP contribution in [0.2, 0.25) is 4.34 Å². The standard InChI is InChI=1S/C14H11ClN2O3S/c15-12-6-5-11(21-12)13(18)16-9-7-17(14(19)20)10-4-2-1-3-8(9)10/h1-6,9H,7H2,(H,16,18)(H,19,20). The molecular weight excluding hydrogens is 312 g/mol. The number of nitrogens with one attached hydrogen (secondary N) is 1. The molecule has 0 aliphatic carbocycles. The van der Waals surface area contributed by atoms with Crippen LogP contribution in [0.15, 0.2) is 36.4 Å². The number of thiophene rings is 1. The van der Waals surface area contributed by atoms with E-state index >= 15 is 0 Å². The number of hydrogen-bond acceptors (Lipinski definition) is 3. The molecule has 2 aromatic rings. The molecule has 3 rings (SSSR count). The van der Waals surface area contributed by atoms with E-state index in [9.17, 15) is 14.7 Å². The van der Waals surface area contributed by atoms with Crippen LogP contribution in [0.3, 0.4) is 0 Å². The molecule has 1 aromatic carbocycles. The van der Waals surface area contributed by atoms with Crippen LogP contribution in [0.25, 0.3) is 0 Å². The molecule has 0 saturated carbocycles. The van der Waals surface area contributed by atoms with Crippen molar-refractivity contribution in [1.82, 2.24) is 5.32 Å². The molecule has 21 heavy (non-hydrogen) atoms. The SMILES string of the molecule is O=C(NC1CN(C(=O)O)c2ccccc21)c1ccc(Cl)s1. The van der Waals surface area contributed by atoms with Crippen LogP contribution in [-0.2, 0) is 0 Å². The van der Waals surface area contributed by atoms with E-state index in [0.717, 1.165) is 5.56 Å². The topological polar surface area (TPSA) is 69.6 Å². The van der Waals surface area contributed by atoms with Crippen LogP contribution in [0, 0.1) is 0 Å². The van der Waals surface area contributed by atoms with Crippen molar-refractivity contribution in [1.29, 1.82) is 0 Å². The van der Waals surface area contributed by atoms with E-state index in [-0.39, 0.29) is 18.5 Å². The fourth-order valence-electron chi connectivity index (χ4n) is 2.38. The first kappa shape index (κ1) is 13.9. The number of halogens is 1. The van der Waals surface area contributed by atoms with E-state index in [0.29, 0.717) is 14.9 Å². The lowest BCUT2D eigenvalue weighted by Crippen LogP contribution is -2.34. The maximum absolute atomic E-state index is 12.2. The highest BCUT2D eigenvalue weighted by molar-refractivity contribution is 7.18. The molecule has 1 atom stereocenters. The van der Waals surface area contributed by atoms with E-state index < -0.39 is 6.09 Å². The first-order valence-electron chi connectivity index (χ1n) is 6.22. The molecule has 0 radical (unpaired) electrons. The molecule has 2 heterocycles. The van der Waals surface area contributed by atoms with Crippen molar-refractivity contribution in [3.8, 4) is 0 Å². The fourth-order valence-corrected chi connectivity index (χ4v) is 3.32. The molecule has 0 fully saturated rings. The Kier molecular flexibility index (Phi) is 3.57. The summed E-state index contributed by atoms with van der Waals surface area (Å²) in [5.74, 6) is -0.251. The number of carbonyl (C=O) groups is 2. The third-order valence-electron chi connectivity index (χ3n) is 3.30. The van der Waals surface area contributed by atoms with Crippen molar-refractivity contribution < 1.29 is 14.7 Å². The van der Waals surface area contributed by atoms with Gasteiger partial charge in [-0.05, 0) is 18.2 Å². The summed E-state index contributed by atoms with van der Waals surface area (Å²) in [6.07, 6.45) is -1.03. The zero-order valence-electron chi connectivity index (χ0n) is 10.7. The Morgan fingerprint density at radius 2 is 2.05 bits per heavy atom. The van der Waals surface area contributed by atoms with E-state index in [1.807, 2.05) is 12.1 Å². The Labute approximate surface area is 129 Å². The summed E-state index contributed by atoms with van der Waals surface area (Å²) >= 11 is 7.01. The average molecular weight is 323 g/mol. The molecule has 1 aliphatic heterocycles. The summed E-state index contributed by atoms with van der Waals surface area (Å²) in [4.78, 5) is 25.2. The van der Waals surface area contributed by atoms with Crippen LogP contribution in [0.5, 0.6) is 0 Å². The van der Waals surface area contributed by atoms with Crippen molar-refractivity contribution in [2.24, 2.45) is 0 Å². The van der Waals surface area contributed by atoms with Gasteiger partial charge < -0.3 is 10.4 Å². The number of amides is 2. The van der Waals surface area contributed by atoms with Crippen LogP contribution >= 0.6 is 22.9 Å². The van der Waals surface area contributed by atoms with Crippen LogP contribution in [0.4, 0.5) is 10.5 Å². The second-order valence-corrected chi connectivity index (χ2v) is 6.30.